The quantitative estimate of drug-likeness (QED) is 0.777. The van der Waals surface area contributed by atoms with E-state index in [9.17, 15) is 14.7 Å². The van der Waals surface area contributed by atoms with Crippen LogP contribution in [-0.4, -0.2) is 11.9 Å². The van der Waals surface area contributed by atoms with Gasteiger partial charge in [-0.2, -0.15) is 0 Å². The number of allylic oxidation sites excluding steroid dienone is 2. The van der Waals surface area contributed by atoms with Crippen molar-refractivity contribution >= 4 is 11.9 Å². The standard InChI is InChI=1S/C14H15NO4/c16-13(15-6-8-3-4-19-7-8)11-9-1-2-10(5-9)12(11)14(17)18/h1-4,7,9-12H,5-6H2,(H,15,16)(H,17,18)/p-1. The number of aliphatic carboxylic acids is 1. The molecule has 5 nitrogen and oxygen atoms in total. The lowest BCUT2D eigenvalue weighted by Gasteiger charge is -2.27. The predicted octanol–water partition coefficient (Wildman–Crippen LogP) is 0.0840. The van der Waals surface area contributed by atoms with Crippen molar-refractivity contribution in [2.45, 2.75) is 13.0 Å². The molecule has 0 radical (unpaired) electrons. The van der Waals surface area contributed by atoms with Crippen LogP contribution in [0.1, 0.15) is 12.0 Å². The summed E-state index contributed by atoms with van der Waals surface area (Å²) in [5.41, 5.74) is 0.858. The number of carbonyl (C=O) groups excluding carboxylic acids is 2. The normalized spacial score (nSPS) is 31.6. The van der Waals surface area contributed by atoms with E-state index in [1.54, 1.807) is 12.3 Å². The SMILES string of the molecule is O=C([O-])C1C2C=CC(C2)C1C(=O)NCc1ccoc1. The average molecular weight is 260 g/mol. The number of carboxylic acids is 1. The highest BCUT2D eigenvalue weighted by atomic mass is 16.4. The van der Waals surface area contributed by atoms with Crippen LogP contribution in [0, 0.1) is 23.7 Å². The minimum atomic E-state index is -1.12. The minimum absolute atomic E-state index is 0.0252. The molecule has 4 atom stereocenters. The number of carbonyl (C=O) groups is 2. The summed E-state index contributed by atoms with van der Waals surface area (Å²) < 4.78 is 4.91. The number of carboxylic acid groups (broad SMARTS) is 1. The Bertz CT molecular complexity index is 520. The van der Waals surface area contributed by atoms with Crippen LogP contribution >= 0.6 is 0 Å². The number of hydrogen-bond acceptors (Lipinski definition) is 4. The molecule has 5 heteroatoms. The van der Waals surface area contributed by atoms with Crippen LogP contribution in [0.25, 0.3) is 0 Å². The Morgan fingerprint density at radius 3 is 2.68 bits per heavy atom. The van der Waals surface area contributed by atoms with Crippen LogP contribution in [0.15, 0.2) is 35.2 Å². The van der Waals surface area contributed by atoms with Crippen LogP contribution in [0.4, 0.5) is 0 Å². The Kier molecular flexibility index (Phi) is 2.89. The molecule has 1 saturated carbocycles. The maximum atomic E-state index is 12.2. The topological polar surface area (TPSA) is 82.4 Å². The molecule has 19 heavy (non-hydrogen) atoms. The van der Waals surface area contributed by atoms with Gasteiger partial charge in [-0.1, -0.05) is 12.2 Å². The van der Waals surface area contributed by atoms with Gasteiger partial charge in [0, 0.05) is 24.0 Å². The van der Waals surface area contributed by atoms with Crippen LogP contribution in [0.5, 0.6) is 0 Å². The van der Waals surface area contributed by atoms with Crippen molar-refractivity contribution in [3.8, 4) is 0 Å². The van der Waals surface area contributed by atoms with Crippen LogP contribution < -0.4 is 10.4 Å². The van der Waals surface area contributed by atoms with Gasteiger partial charge in [0.2, 0.25) is 5.91 Å². The number of hydrogen-bond donors (Lipinski definition) is 1. The van der Waals surface area contributed by atoms with E-state index in [1.165, 1.54) is 6.26 Å². The van der Waals surface area contributed by atoms with Gasteiger partial charge in [0.05, 0.1) is 18.4 Å². The highest BCUT2D eigenvalue weighted by Gasteiger charge is 2.48. The molecule has 1 N–H and O–H groups in total. The maximum absolute atomic E-state index is 12.2. The first-order valence-corrected chi connectivity index (χ1v) is 6.35. The van der Waals surface area contributed by atoms with Crippen molar-refractivity contribution in [3.63, 3.8) is 0 Å². The zero-order chi connectivity index (χ0) is 13.4. The van der Waals surface area contributed by atoms with Crippen LogP contribution in [0.2, 0.25) is 0 Å². The molecule has 1 aromatic heterocycles. The van der Waals surface area contributed by atoms with E-state index >= 15 is 0 Å². The summed E-state index contributed by atoms with van der Waals surface area (Å²) in [6.45, 7) is 0.354. The first-order valence-electron chi connectivity index (χ1n) is 6.35. The molecule has 4 unspecified atom stereocenters. The molecule has 0 aromatic carbocycles. The third-order valence-corrected chi connectivity index (χ3v) is 4.08. The number of fused-ring (bicyclic) bond motifs is 2. The van der Waals surface area contributed by atoms with E-state index < -0.39 is 17.8 Å². The Morgan fingerprint density at radius 1 is 1.32 bits per heavy atom. The van der Waals surface area contributed by atoms with Crippen molar-refractivity contribution in [2.24, 2.45) is 23.7 Å². The van der Waals surface area contributed by atoms with Crippen molar-refractivity contribution in [2.75, 3.05) is 0 Å². The monoisotopic (exact) mass is 260 g/mol. The van der Waals surface area contributed by atoms with Gasteiger partial charge in [0.25, 0.3) is 0 Å². The highest BCUT2D eigenvalue weighted by Crippen LogP contribution is 2.47. The summed E-state index contributed by atoms with van der Waals surface area (Å²) in [5, 5.41) is 14.0. The molecule has 2 aliphatic carbocycles. The molecular formula is C14H14NO4-. The average Bonchev–Trinajstić information content (AvgIpc) is 3.10. The van der Waals surface area contributed by atoms with E-state index in [-0.39, 0.29) is 17.7 Å². The van der Waals surface area contributed by atoms with E-state index in [4.69, 9.17) is 4.42 Å². The van der Waals surface area contributed by atoms with Gasteiger partial charge in [0.1, 0.15) is 0 Å². The Morgan fingerprint density at radius 2 is 2.05 bits per heavy atom. The summed E-state index contributed by atoms with van der Waals surface area (Å²) in [6, 6.07) is 1.76. The summed E-state index contributed by atoms with van der Waals surface area (Å²) in [5.74, 6) is -2.57. The molecule has 1 amide bonds. The number of nitrogens with one attached hydrogen (secondary N) is 1. The molecule has 3 rings (SSSR count). The molecule has 100 valence electrons. The second kappa shape index (κ2) is 4.57. The summed E-state index contributed by atoms with van der Waals surface area (Å²) in [7, 11) is 0. The van der Waals surface area contributed by atoms with Gasteiger partial charge in [0.15, 0.2) is 0 Å². The fourth-order valence-electron chi connectivity index (χ4n) is 3.20. The van der Waals surface area contributed by atoms with Gasteiger partial charge < -0.3 is 19.6 Å². The van der Waals surface area contributed by atoms with E-state index in [0.29, 0.717) is 6.54 Å². The Labute approximate surface area is 110 Å². The van der Waals surface area contributed by atoms with Gasteiger partial charge >= 0.3 is 0 Å². The van der Waals surface area contributed by atoms with Gasteiger partial charge in [-0.05, 0) is 24.3 Å². The van der Waals surface area contributed by atoms with Gasteiger partial charge in [-0.25, -0.2) is 0 Å². The molecule has 1 aromatic rings. The number of rotatable bonds is 4. The summed E-state index contributed by atoms with van der Waals surface area (Å²) >= 11 is 0. The highest BCUT2D eigenvalue weighted by molar-refractivity contribution is 5.86. The smallest absolute Gasteiger partial charge is 0.224 e. The minimum Gasteiger partial charge on any atom is -0.550 e. The van der Waals surface area contributed by atoms with Crippen molar-refractivity contribution in [1.82, 2.24) is 5.32 Å². The summed E-state index contributed by atoms with van der Waals surface area (Å²) in [4.78, 5) is 23.4. The molecule has 0 saturated heterocycles. The third-order valence-electron chi connectivity index (χ3n) is 4.08. The van der Waals surface area contributed by atoms with Crippen molar-refractivity contribution in [1.29, 1.82) is 0 Å². The molecule has 1 fully saturated rings. The summed E-state index contributed by atoms with van der Waals surface area (Å²) in [6.07, 6.45) is 7.67. The fourth-order valence-corrected chi connectivity index (χ4v) is 3.20. The zero-order valence-electron chi connectivity index (χ0n) is 10.2. The van der Waals surface area contributed by atoms with Crippen molar-refractivity contribution < 1.29 is 19.1 Å². The fraction of sp³-hybridized carbons (Fsp3) is 0.429. The first kappa shape index (κ1) is 12.0. The van der Waals surface area contributed by atoms with E-state index in [0.717, 1.165) is 12.0 Å². The second-order valence-corrected chi connectivity index (χ2v) is 5.17. The third kappa shape index (κ3) is 2.05. The molecule has 1 heterocycles. The van der Waals surface area contributed by atoms with Gasteiger partial charge in [-0.15, -0.1) is 0 Å². The van der Waals surface area contributed by atoms with E-state index in [2.05, 4.69) is 5.32 Å². The molecular weight excluding hydrogens is 246 g/mol. The van der Waals surface area contributed by atoms with Crippen LogP contribution in [-0.2, 0) is 16.1 Å². The molecule has 2 aliphatic rings. The van der Waals surface area contributed by atoms with Crippen LogP contribution in [0.3, 0.4) is 0 Å². The molecule has 2 bridgehead atoms. The zero-order valence-corrected chi connectivity index (χ0v) is 10.2. The predicted molar refractivity (Wildman–Crippen MR) is 63.3 cm³/mol. The Hall–Kier alpha value is -2.04. The van der Waals surface area contributed by atoms with Gasteiger partial charge in [-0.3, -0.25) is 4.79 Å². The first-order chi connectivity index (χ1) is 9.16. The lowest BCUT2D eigenvalue weighted by molar-refractivity contribution is -0.313. The molecule has 0 spiro atoms. The lowest BCUT2D eigenvalue weighted by atomic mass is 9.82. The second-order valence-electron chi connectivity index (χ2n) is 5.17. The Balaban J connectivity index is 1.68. The molecule has 0 aliphatic heterocycles. The number of furan rings is 1. The van der Waals surface area contributed by atoms with Crippen molar-refractivity contribution in [3.05, 3.63) is 36.3 Å². The largest absolute Gasteiger partial charge is 0.550 e. The lowest BCUT2D eigenvalue weighted by Crippen LogP contribution is -2.44. The maximum Gasteiger partial charge on any atom is 0.224 e. The number of amides is 1. The van der Waals surface area contributed by atoms with E-state index in [1.807, 2.05) is 12.2 Å².